The first-order chi connectivity index (χ1) is 14.0. The quantitative estimate of drug-likeness (QED) is 0.616. The Morgan fingerprint density at radius 3 is 2.48 bits per heavy atom. The molecular weight excluding hydrogens is 392 g/mol. The third-order valence-corrected chi connectivity index (χ3v) is 8.72. The van der Waals surface area contributed by atoms with Crippen LogP contribution in [-0.4, -0.2) is 51.1 Å². The number of aryl methyl sites for hydroxylation is 2. The molecule has 7 heteroatoms. The Labute approximate surface area is 171 Å². The van der Waals surface area contributed by atoms with E-state index in [1.807, 2.05) is 6.07 Å². The van der Waals surface area contributed by atoms with E-state index in [1.54, 1.807) is 12.1 Å². The first kappa shape index (κ1) is 20.5. The molecule has 3 N–H and O–H groups in total. The average molecular weight is 420 g/mol. The molecule has 4 atom stereocenters. The van der Waals surface area contributed by atoms with Gasteiger partial charge in [-0.1, -0.05) is 11.3 Å². The molecule has 4 nitrogen and oxygen atoms in total. The Hall–Kier alpha value is -1.80. The van der Waals surface area contributed by atoms with Crippen molar-refractivity contribution in [1.29, 1.82) is 0 Å². The van der Waals surface area contributed by atoms with E-state index in [2.05, 4.69) is 5.32 Å². The highest BCUT2D eigenvalue weighted by Crippen LogP contribution is 2.29. The monoisotopic (exact) mass is 419 g/mol. The normalized spacial score (nSPS) is 23.7. The van der Waals surface area contributed by atoms with Crippen LogP contribution < -0.4 is 15.2 Å². The minimum atomic E-state index is -0.701. The molecule has 0 fully saturated rings. The van der Waals surface area contributed by atoms with Gasteiger partial charge in [0.15, 0.2) is 0 Å². The molecule has 156 valence electrons. The highest BCUT2D eigenvalue weighted by Gasteiger charge is 2.28. The van der Waals surface area contributed by atoms with Gasteiger partial charge in [-0.05, 0) is 72.7 Å². The summed E-state index contributed by atoms with van der Waals surface area (Å²) in [5.41, 5.74) is 2.18. The zero-order valence-electron chi connectivity index (χ0n) is 16.3. The molecule has 0 amide bonds. The molecule has 2 aromatic rings. The summed E-state index contributed by atoms with van der Waals surface area (Å²) in [6.45, 7) is 0.744. The smallest absolute Gasteiger partial charge is 0.126 e. The van der Waals surface area contributed by atoms with Gasteiger partial charge in [-0.25, -0.2) is 8.78 Å². The highest BCUT2D eigenvalue weighted by atomic mass is 28.2. The van der Waals surface area contributed by atoms with Gasteiger partial charge >= 0.3 is 0 Å². The van der Waals surface area contributed by atoms with Gasteiger partial charge in [-0.15, -0.1) is 0 Å². The summed E-state index contributed by atoms with van der Waals surface area (Å²) in [4.78, 5) is 0. The molecule has 0 bridgehead atoms. The SMILES string of the molecule is OC(CNCC(O)C1CCc2cc(F)ccc2[SiH2]1)C1CCc2cc(F)ccc2O1. The first-order valence-electron chi connectivity index (χ1n) is 10.3. The van der Waals surface area contributed by atoms with Crippen LogP contribution in [0.15, 0.2) is 36.4 Å². The van der Waals surface area contributed by atoms with Gasteiger partial charge in [0.1, 0.15) is 29.6 Å². The van der Waals surface area contributed by atoms with E-state index in [-0.39, 0.29) is 23.3 Å². The summed E-state index contributed by atoms with van der Waals surface area (Å²) >= 11 is 0. The van der Waals surface area contributed by atoms with Crippen molar-refractivity contribution in [3.63, 3.8) is 0 Å². The van der Waals surface area contributed by atoms with E-state index in [9.17, 15) is 19.0 Å². The minimum absolute atomic E-state index is 0.190. The molecule has 2 heterocycles. The summed E-state index contributed by atoms with van der Waals surface area (Å²) in [5.74, 6) is 0.163. The zero-order valence-corrected chi connectivity index (χ0v) is 17.7. The molecule has 2 aromatic carbocycles. The molecule has 4 unspecified atom stereocenters. The maximum Gasteiger partial charge on any atom is 0.126 e. The number of nitrogens with one attached hydrogen (secondary N) is 1. The van der Waals surface area contributed by atoms with E-state index in [1.165, 1.54) is 23.4 Å². The van der Waals surface area contributed by atoms with Crippen molar-refractivity contribution in [1.82, 2.24) is 5.32 Å². The fourth-order valence-electron chi connectivity index (χ4n) is 4.41. The van der Waals surface area contributed by atoms with Crippen LogP contribution in [0.1, 0.15) is 24.0 Å². The van der Waals surface area contributed by atoms with E-state index >= 15 is 0 Å². The summed E-state index contributed by atoms with van der Waals surface area (Å²) < 4.78 is 32.5. The van der Waals surface area contributed by atoms with Crippen molar-refractivity contribution in [2.75, 3.05) is 13.1 Å². The van der Waals surface area contributed by atoms with Gasteiger partial charge in [0, 0.05) is 13.1 Å². The number of hydrogen-bond acceptors (Lipinski definition) is 4. The standard InChI is InChI=1S/C22H27F2NO3Si/c23-15-3-6-19-13(9-15)1-5-20(28-19)17(26)11-25-12-18(27)22-7-2-14-10-16(24)4-8-21(14)29-22/h3-4,6,8-10,17-18,20,22,25-27H,1-2,5,7,11-12,29H2. The van der Waals surface area contributed by atoms with Gasteiger partial charge in [-0.3, -0.25) is 0 Å². The van der Waals surface area contributed by atoms with Crippen molar-refractivity contribution >= 4 is 14.7 Å². The molecule has 0 saturated heterocycles. The second kappa shape index (κ2) is 8.91. The van der Waals surface area contributed by atoms with E-state index in [4.69, 9.17) is 4.74 Å². The lowest BCUT2D eigenvalue weighted by atomic mass is 9.99. The average Bonchev–Trinajstić information content (AvgIpc) is 2.72. The van der Waals surface area contributed by atoms with Crippen molar-refractivity contribution in [3.8, 4) is 5.75 Å². The second-order valence-electron chi connectivity index (χ2n) is 8.16. The van der Waals surface area contributed by atoms with Crippen LogP contribution in [-0.2, 0) is 12.8 Å². The maximum atomic E-state index is 13.4. The lowest BCUT2D eigenvalue weighted by Crippen LogP contribution is -2.45. The predicted octanol–water partition coefficient (Wildman–Crippen LogP) is 1.20. The Balaban J connectivity index is 1.24. The highest BCUT2D eigenvalue weighted by molar-refractivity contribution is 6.56. The number of fused-ring (bicyclic) bond motifs is 2. The minimum Gasteiger partial charge on any atom is -0.487 e. The summed E-state index contributed by atoms with van der Waals surface area (Å²) in [6, 6.07) is 9.45. The van der Waals surface area contributed by atoms with Crippen LogP contribution in [0.3, 0.4) is 0 Å². The molecule has 2 aliphatic heterocycles. The molecule has 2 aliphatic rings. The molecule has 0 aliphatic carbocycles. The molecule has 0 aromatic heterocycles. The molecule has 0 saturated carbocycles. The number of ether oxygens (including phenoxy) is 1. The Morgan fingerprint density at radius 1 is 0.966 bits per heavy atom. The van der Waals surface area contributed by atoms with Crippen molar-refractivity contribution < 1.29 is 23.7 Å². The van der Waals surface area contributed by atoms with Crippen LogP contribution in [0.5, 0.6) is 5.75 Å². The third kappa shape index (κ3) is 4.86. The van der Waals surface area contributed by atoms with Gasteiger partial charge in [0.2, 0.25) is 0 Å². The van der Waals surface area contributed by atoms with E-state index in [0.717, 1.165) is 24.0 Å². The summed E-state index contributed by atoms with van der Waals surface area (Å²) in [5, 5.41) is 25.5. The summed E-state index contributed by atoms with van der Waals surface area (Å²) in [7, 11) is -0.670. The number of aliphatic hydroxyl groups is 2. The Kier molecular flexibility index (Phi) is 6.29. The second-order valence-corrected chi connectivity index (χ2v) is 10.4. The van der Waals surface area contributed by atoms with Gasteiger partial charge < -0.3 is 20.3 Å². The van der Waals surface area contributed by atoms with Crippen LogP contribution in [0.4, 0.5) is 8.78 Å². The predicted molar refractivity (Wildman–Crippen MR) is 111 cm³/mol. The fourth-order valence-corrected chi connectivity index (χ4v) is 6.61. The van der Waals surface area contributed by atoms with E-state index < -0.39 is 21.7 Å². The number of aliphatic hydroxyl groups excluding tert-OH is 2. The van der Waals surface area contributed by atoms with Crippen LogP contribution in [0.2, 0.25) is 5.54 Å². The lowest BCUT2D eigenvalue weighted by molar-refractivity contribution is 0.0224. The zero-order chi connectivity index (χ0) is 20.4. The maximum absolute atomic E-state index is 13.4. The van der Waals surface area contributed by atoms with Crippen molar-refractivity contribution in [2.24, 2.45) is 0 Å². The fraction of sp³-hybridized carbons (Fsp3) is 0.455. The number of halogens is 2. The van der Waals surface area contributed by atoms with Crippen LogP contribution in [0.25, 0.3) is 0 Å². The molecule has 0 spiro atoms. The number of benzene rings is 2. The molecule has 4 rings (SSSR count). The van der Waals surface area contributed by atoms with Crippen LogP contribution >= 0.6 is 0 Å². The number of hydrogen-bond donors (Lipinski definition) is 3. The number of rotatable bonds is 6. The largest absolute Gasteiger partial charge is 0.487 e. The van der Waals surface area contributed by atoms with Gasteiger partial charge in [-0.2, -0.15) is 0 Å². The Morgan fingerprint density at radius 2 is 1.66 bits per heavy atom. The van der Waals surface area contributed by atoms with E-state index in [0.29, 0.717) is 31.7 Å². The lowest BCUT2D eigenvalue weighted by Gasteiger charge is -2.31. The van der Waals surface area contributed by atoms with Gasteiger partial charge in [0.05, 0.1) is 15.6 Å². The first-order valence-corrected chi connectivity index (χ1v) is 11.8. The topological polar surface area (TPSA) is 61.7 Å². The van der Waals surface area contributed by atoms with Crippen molar-refractivity contribution in [2.45, 2.75) is 49.5 Å². The Bertz CT molecular complexity index is 796. The third-order valence-electron chi connectivity index (χ3n) is 6.11. The van der Waals surface area contributed by atoms with Crippen molar-refractivity contribution in [3.05, 3.63) is 59.2 Å². The molecular formula is C22H27F2NO3Si. The summed E-state index contributed by atoms with van der Waals surface area (Å²) in [6.07, 6.45) is 1.47. The van der Waals surface area contributed by atoms with Crippen LogP contribution in [0, 0.1) is 11.6 Å². The molecule has 29 heavy (non-hydrogen) atoms. The molecule has 0 radical (unpaired) electrons. The van der Waals surface area contributed by atoms with Gasteiger partial charge in [0.25, 0.3) is 0 Å².